The van der Waals surface area contributed by atoms with E-state index in [1.165, 1.54) is 0 Å². The summed E-state index contributed by atoms with van der Waals surface area (Å²) in [6.45, 7) is 6.68. The predicted octanol–water partition coefficient (Wildman–Crippen LogP) is 5.90. The molecule has 3 amide bonds. The fourth-order valence-corrected chi connectivity index (χ4v) is 5.26. The highest BCUT2D eigenvalue weighted by Gasteiger charge is 2.15. The number of rotatable bonds is 17. The molecule has 0 spiro atoms. The number of ether oxygens (including phenoxy) is 4. The van der Waals surface area contributed by atoms with Crippen molar-refractivity contribution in [2.24, 2.45) is 7.05 Å². The van der Waals surface area contributed by atoms with E-state index in [1.54, 1.807) is 55.4 Å². The number of fused-ring (bicyclic) bond motifs is 1. The van der Waals surface area contributed by atoms with Crippen molar-refractivity contribution < 1.29 is 28.5 Å². The van der Waals surface area contributed by atoms with Crippen LogP contribution >= 0.6 is 0 Å². The molecule has 270 valence electrons. The number of nitrogens with one attached hydrogen (secondary N) is 3. The van der Waals surface area contributed by atoms with Crippen molar-refractivity contribution in [3.05, 3.63) is 101 Å². The third kappa shape index (κ3) is 10.4. The number of carbonyl (C=O) groups excluding carboxylic acids is 2. The average Bonchev–Trinajstić information content (AvgIpc) is 3.51. The van der Waals surface area contributed by atoms with Gasteiger partial charge in [-0.25, -0.2) is 9.78 Å². The Bertz CT molecular complexity index is 2040. The molecule has 0 atom stereocenters. The van der Waals surface area contributed by atoms with Crippen molar-refractivity contribution >= 4 is 34.2 Å². The van der Waals surface area contributed by atoms with Crippen LogP contribution in [0.15, 0.2) is 72.9 Å². The molecular weight excluding hydrogens is 662 g/mol. The molecule has 0 saturated heterocycles. The Morgan fingerprint density at radius 2 is 1.69 bits per heavy atom. The van der Waals surface area contributed by atoms with Crippen molar-refractivity contribution in [3.63, 3.8) is 0 Å². The maximum absolute atomic E-state index is 13.0. The second-order valence-corrected chi connectivity index (χ2v) is 12.1. The Balaban J connectivity index is 1.22. The summed E-state index contributed by atoms with van der Waals surface area (Å²) in [6, 6.07) is 19.6. The van der Waals surface area contributed by atoms with Crippen LogP contribution in [0.25, 0.3) is 10.8 Å². The quantitative estimate of drug-likeness (QED) is 0.0793. The molecule has 2 aromatic heterocycles. The minimum Gasteiger partial charge on any atom is -0.438 e. The number of aryl methyl sites for hydroxylation is 1. The maximum atomic E-state index is 13.0. The standard InChI is InChI=1S/C39H43N7O6/c1-6-27-21-28(23-29(22-27)38(47)41-15-16-50-19-20-51-18-17-49-5)24-35-40-14-13-37(43-35)52-34-12-11-32(30-9-7-8-10-31(30)34)42-39(48)44-36-25-33(26(2)3)45-46(36)4/h1,7-14,21-23,25-26H,15-20,24H2,2-5H3,(H,41,47)(H2,42,44,48). The van der Waals surface area contributed by atoms with Crippen LogP contribution in [0.5, 0.6) is 11.6 Å². The fraction of sp³-hybridized carbons (Fsp3) is 0.308. The number of hydrogen-bond donors (Lipinski definition) is 3. The summed E-state index contributed by atoms with van der Waals surface area (Å²) in [5, 5.41) is 14.7. The summed E-state index contributed by atoms with van der Waals surface area (Å²) < 4.78 is 23.7. The number of benzene rings is 3. The van der Waals surface area contributed by atoms with Gasteiger partial charge in [0.1, 0.15) is 17.4 Å². The van der Waals surface area contributed by atoms with E-state index < -0.39 is 6.03 Å². The molecule has 0 unspecified atom stereocenters. The minimum absolute atomic E-state index is 0.234. The second-order valence-electron chi connectivity index (χ2n) is 12.1. The van der Waals surface area contributed by atoms with E-state index in [9.17, 15) is 9.59 Å². The molecule has 5 rings (SSSR count). The lowest BCUT2D eigenvalue weighted by Gasteiger charge is -2.14. The Morgan fingerprint density at radius 1 is 0.923 bits per heavy atom. The van der Waals surface area contributed by atoms with Gasteiger partial charge in [0.25, 0.3) is 5.91 Å². The van der Waals surface area contributed by atoms with Gasteiger partial charge in [0.15, 0.2) is 0 Å². The zero-order valence-corrected chi connectivity index (χ0v) is 29.8. The van der Waals surface area contributed by atoms with Crippen LogP contribution in [-0.2, 0) is 27.7 Å². The van der Waals surface area contributed by atoms with Crippen molar-refractivity contribution in [2.45, 2.75) is 26.2 Å². The SMILES string of the molecule is C#Cc1cc(Cc2nccc(Oc3ccc(NC(=O)Nc4cc(C(C)C)nn4C)c4ccccc34)n2)cc(C(=O)NCCOCCOCCOC)c1. The maximum Gasteiger partial charge on any atom is 0.324 e. The zero-order valence-electron chi connectivity index (χ0n) is 29.8. The van der Waals surface area contributed by atoms with Crippen LogP contribution in [0.1, 0.15) is 52.8 Å². The summed E-state index contributed by atoms with van der Waals surface area (Å²) in [6.07, 6.45) is 7.65. The zero-order chi connectivity index (χ0) is 36.9. The first-order chi connectivity index (χ1) is 25.2. The van der Waals surface area contributed by atoms with Crippen molar-refractivity contribution in [3.8, 4) is 24.0 Å². The number of terminal acetylenes is 1. The number of carbonyl (C=O) groups is 2. The number of anilines is 2. The van der Waals surface area contributed by atoms with Crippen LogP contribution in [0.3, 0.4) is 0 Å². The summed E-state index contributed by atoms with van der Waals surface area (Å²) >= 11 is 0. The van der Waals surface area contributed by atoms with Crippen LogP contribution in [0.2, 0.25) is 0 Å². The van der Waals surface area contributed by atoms with Gasteiger partial charge < -0.3 is 29.6 Å². The number of nitrogens with zero attached hydrogens (tertiary/aromatic N) is 4. The number of methoxy groups -OCH3 is 1. The Kier molecular flexibility index (Phi) is 13.3. The van der Waals surface area contributed by atoms with Crippen molar-refractivity contribution in [1.29, 1.82) is 0 Å². The topological polar surface area (TPSA) is 151 Å². The minimum atomic E-state index is -0.392. The summed E-state index contributed by atoms with van der Waals surface area (Å²) in [7, 11) is 3.41. The van der Waals surface area contributed by atoms with E-state index in [-0.39, 0.29) is 11.8 Å². The highest BCUT2D eigenvalue weighted by atomic mass is 16.5. The molecule has 13 heteroatoms. The van der Waals surface area contributed by atoms with Crippen LogP contribution in [0, 0.1) is 12.3 Å². The lowest BCUT2D eigenvalue weighted by atomic mass is 10.0. The van der Waals surface area contributed by atoms with Crippen molar-refractivity contribution in [1.82, 2.24) is 25.1 Å². The fourth-order valence-electron chi connectivity index (χ4n) is 5.26. The van der Waals surface area contributed by atoms with E-state index in [0.717, 1.165) is 22.0 Å². The smallest absolute Gasteiger partial charge is 0.324 e. The number of aromatic nitrogens is 4. The van der Waals surface area contributed by atoms with Gasteiger partial charge in [-0.3, -0.25) is 14.8 Å². The molecule has 3 N–H and O–H groups in total. The Morgan fingerprint density at radius 3 is 2.44 bits per heavy atom. The van der Waals surface area contributed by atoms with Gasteiger partial charge in [-0.15, -0.1) is 6.42 Å². The molecule has 3 aromatic carbocycles. The molecule has 0 aliphatic carbocycles. The van der Waals surface area contributed by atoms with E-state index in [4.69, 9.17) is 25.4 Å². The highest BCUT2D eigenvalue weighted by Crippen LogP contribution is 2.34. The molecule has 2 heterocycles. The van der Waals surface area contributed by atoms with Gasteiger partial charge in [0.2, 0.25) is 5.88 Å². The Hall–Kier alpha value is -5.81. The molecule has 0 fully saturated rings. The molecule has 0 radical (unpaired) electrons. The van der Waals surface area contributed by atoms with Crippen molar-refractivity contribution in [2.75, 3.05) is 57.3 Å². The summed E-state index contributed by atoms with van der Waals surface area (Å²) in [5.41, 5.74) is 3.26. The molecular formula is C39H43N7O6. The normalized spacial score (nSPS) is 11.0. The first-order valence-electron chi connectivity index (χ1n) is 16.9. The van der Waals surface area contributed by atoms with E-state index in [2.05, 4.69) is 36.9 Å². The van der Waals surface area contributed by atoms with E-state index >= 15 is 0 Å². The lowest BCUT2D eigenvalue weighted by Crippen LogP contribution is -2.28. The molecule has 0 bridgehead atoms. The largest absolute Gasteiger partial charge is 0.438 e. The van der Waals surface area contributed by atoms with Gasteiger partial charge in [-0.1, -0.05) is 44.0 Å². The lowest BCUT2D eigenvalue weighted by molar-refractivity contribution is 0.0255. The first kappa shape index (κ1) is 37.4. The number of amides is 3. The number of hydrogen-bond acceptors (Lipinski definition) is 9. The highest BCUT2D eigenvalue weighted by molar-refractivity contribution is 6.07. The monoisotopic (exact) mass is 705 g/mol. The Labute approximate surface area is 303 Å². The van der Waals surface area contributed by atoms with Crippen LogP contribution in [0.4, 0.5) is 16.3 Å². The molecule has 0 aliphatic heterocycles. The van der Waals surface area contributed by atoms with Crippen LogP contribution in [-0.4, -0.2) is 78.4 Å². The van der Waals surface area contributed by atoms with Gasteiger partial charge in [-0.2, -0.15) is 10.1 Å². The van der Waals surface area contributed by atoms with Gasteiger partial charge >= 0.3 is 6.03 Å². The molecule has 0 saturated carbocycles. The summed E-state index contributed by atoms with van der Waals surface area (Å²) in [4.78, 5) is 35.0. The molecule has 52 heavy (non-hydrogen) atoms. The third-order valence-corrected chi connectivity index (χ3v) is 7.88. The summed E-state index contributed by atoms with van der Waals surface area (Å²) in [5.74, 6) is 4.55. The molecule has 0 aliphatic rings. The van der Waals surface area contributed by atoms with Crippen LogP contribution < -0.4 is 20.7 Å². The van der Waals surface area contributed by atoms with E-state index in [0.29, 0.717) is 86.1 Å². The van der Waals surface area contributed by atoms with Gasteiger partial charge in [0.05, 0.1) is 44.4 Å². The second kappa shape index (κ2) is 18.4. The van der Waals surface area contributed by atoms with Gasteiger partial charge in [0, 0.05) is 67.4 Å². The average molecular weight is 706 g/mol. The van der Waals surface area contributed by atoms with Gasteiger partial charge in [-0.05, 0) is 41.8 Å². The predicted molar refractivity (Wildman–Crippen MR) is 199 cm³/mol. The molecule has 5 aromatic rings. The molecule has 13 nitrogen and oxygen atoms in total. The third-order valence-electron chi connectivity index (χ3n) is 7.88. The number of urea groups is 1. The van der Waals surface area contributed by atoms with E-state index in [1.807, 2.05) is 50.2 Å². The first-order valence-corrected chi connectivity index (χ1v) is 16.9.